The second-order valence-electron chi connectivity index (χ2n) is 6.73. The summed E-state index contributed by atoms with van der Waals surface area (Å²) >= 11 is 0. The third-order valence-electron chi connectivity index (χ3n) is 4.98. The number of aromatic nitrogens is 2. The lowest BCUT2D eigenvalue weighted by Crippen LogP contribution is -1.96. The molecule has 0 atom stereocenters. The van der Waals surface area contributed by atoms with E-state index in [2.05, 4.69) is 66.7 Å². The molecule has 2 heteroatoms. The summed E-state index contributed by atoms with van der Waals surface area (Å²) in [6.07, 6.45) is 0. The van der Waals surface area contributed by atoms with E-state index in [0.717, 1.165) is 33.4 Å². The Hall–Kier alpha value is -3.52. The Morgan fingerprint density at radius 3 is 2.04 bits per heavy atom. The fourth-order valence-electron chi connectivity index (χ4n) is 3.70. The summed E-state index contributed by atoms with van der Waals surface area (Å²) in [5.41, 5.74) is 7.27. The highest BCUT2D eigenvalue weighted by Gasteiger charge is 2.13. The molecule has 0 aliphatic carbocycles. The fourth-order valence-corrected chi connectivity index (χ4v) is 3.70. The molecule has 0 fully saturated rings. The van der Waals surface area contributed by atoms with Crippen molar-refractivity contribution < 1.29 is 0 Å². The van der Waals surface area contributed by atoms with Crippen LogP contribution in [0.1, 0.15) is 5.69 Å². The molecule has 0 saturated carbocycles. The zero-order valence-corrected chi connectivity index (χ0v) is 15.1. The molecule has 0 saturated heterocycles. The van der Waals surface area contributed by atoms with E-state index in [4.69, 9.17) is 9.97 Å². The summed E-state index contributed by atoms with van der Waals surface area (Å²) in [5.74, 6) is 0. The SMILES string of the molecule is Cc1nc2c(ccc3cccc(-c4ccccc4)c32)nc1-c1ccccc1. The standard InChI is InChI=1S/C25H18N2/c1-17-24(20-11-6-3-7-12-20)27-22-16-15-19-13-8-14-21(23(19)25(22)26-17)18-9-4-2-5-10-18/h2-16H,1H3. The number of benzene rings is 4. The van der Waals surface area contributed by atoms with Gasteiger partial charge in [0.1, 0.15) is 0 Å². The molecule has 0 bridgehead atoms. The molecular weight excluding hydrogens is 328 g/mol. The van der Waals surface area contributed by atoms with Crippen molar-refractivity contribution in [2.75, 3.05) is 0 Å². The fraction of sp³-hybridized carbons (Fsp3) is 0.0400. The van der Waals surface area contributed by atoms with Gasteiger partial charge in [-0.1, -0.05) is 84.9 Å². The number of aryl methyl sites for hydroxylation is 1. The lowest BCUT2D eigenvalue weighted by atomic mass is 9.97. The van der Waals surface area contributed by atoms with Gasteiger partial charge in [-0.2, -0.15) is 0 Å². The van der Waals surface area contributed by atoms with Gasteiger partial charge >= 0.3 is 0 Å². The summed E-state index contributed by atoms with van der Waals surface area (Å²) in [6.45, 7) is 2.04. The molecule has 0 aliphatic heterocycles. The van der Waals surface area contributed by atoms with Crippen LogP contribution < -0.4 is 0 Å². The first-order valence-corrected chi connectivity index (χ1v) is 9.12. The Bertz CT molecular complexity index is 1260. The zero-order chi connectivity index (χ0) is 18.2. The predicted molar refractivity (Wildman–Crippen MR) is 113 cm³/mol. The highest BCUT2D eigenvalue weighted by atomic mass is 14.8. The first kappa shape index (κ1) is 15.7. The number of fused-ring (bicyclic) bond motifs is 3. The highest BCUT2D eigenvalue weighted by molar-refractivity contribution is 6.11. The largest absolute Gasteiger partial charge is 0.249 e. The van der Waals surface area contributed by atoms with Gasteiger partial charge in [0.05, 0.1) is 22.4 Å². The van der Waals surface area contributed by atoms with Crippen LogP contribution >= 0.6 is 0 Å². The third-order valence-corrected chi connectivity index (χ3v) is 4.98. The minimum absolute atomic E-state index is 0.926. The maximum atomic E-state index is 5.00. The first-order chi connectivity index (χ1) is 13.3. The van der Waals surface area contributed by atoms with Crippen LogP contribution in [-0.2, 0) is 0 Å². The molecule has 0 unspecified atom stereocenters. The predicted octanol–water partition coefficient (Wildman–Crippen LogP) is 6.43. The second-order valence-corrected chi connectivity index (χ2v) is 6.73. The minimum atomic E-state index is 0.926. The summed E-state index contributed by atoms with van der Waals surface area (Å²) in [4.78, 5) is 9.97. The Labute approximate surface area is 158 Å². The number of hydrogen-bond donors (Lipinski definition) is 0. The van der Waals surface area contributed by atoms with E-state index in [1.54, 1.807) is 0 Å². The second kappa shape index (κ2) is 6.33. The highest BCUT2D eigenvalue weighted by Crippen LogP contribution is 2.34. The van der Waals surface area contributed by atoms with Gasteiger partial charge in [-0.05, 0) is 29.5 Å². The van der Waals surface area contributed by atoms with E-state index in [1.165, 1.54) is 16.5 Å². The Morgan fingerprint density at radius 1 is 0.593 bits per heavy atom. The van der Waals surface area contributed by atoms with Crippen LogP contribution in [0.25, 0.3) is 44.2 Å². The number of nitrogens with zero attached hydrogens (tertiary/aromatic N) is 2. The molecular formula is C25H18N2. The van der Waals surface area contributed by atoms with E-state index < -0.39 is 0 Å². The average Bonchev–Trinajstić information content (AvgIpc) is 2.74. The van der Waals surface area contributed by atoms with Crippen molar-refractivity contribution >= 4 is 21.8 Å². The van der Waals surface area contributed by atoms with Crippen molar-refractivity contribution in [2.24, 2.45) is 0 Å². The molecule has 1 aromatic heterocycles. The molecule has 0 N–H and O–H groups in total. The van der Waals surface area contributed by atoms with E-state index in [9.17, 15) is 0 Å². The third kappa shape index (κ3) is 2.67. The van der Waals surface area contributed by atoms with Gasteiger partial charge < -0.3 is 0 Å². The normalized spacial score (nSPS) is 11.1. The smallest absolute Gasteiger partial charge is 0.0975 e. The van der Waals surface area contributed by atoms with Gasteiger partial charge in [0, 0.05) is 10.9 Å². The maximum Gasteiger partial charge on any atom is 0.0975 e. The van der Waals surface area contributed by atoms with Gasteiger partial charge in [0.15, 0.2) is 0 Å². The lowest BCUT2D eigenvalue weighted by molar-refractivity contribution is 1.19. The average molecular weight is 346 g/mol. The molecule has 5 aromatic rings. The van der Waals surface area contributed by atoms with Crippen molar-refractivity contribution in [3.63, 3.8) is 0 Å². The van der Waals surface area contributed by atoms with E-state index in [0.29, 0.717) is 0 Å². The zero-order valence-electron chi connectivity index (χ0n) is 15.1. The van der Waals surface area contributed by atoms with Gasteiger partial charge in [-0.25, -0.2) is 9.97 Å². The van der Waals surface area contributed by atoms with E-state index >= 15 is 0 Å². The molecule has 128 valence electrons. The summed E-state index contributed by atoms with van der Waals surface area (Å²) in [5, 5.41) is 2.35. The van der Waals surface area contributed by atoms with Gasteiger partial charge in [0.2, 0.25) is 0 Å². The summed E-state index contributed by atoms with van der Waals surface area (Å²) in [7, 11) is 0. The Morgan fingerprint density at radius 2 is 1.30 bits per heavy atom. The maximum absolute atomic E-state index is 5.00. The van der Waals surface area contributed by atoms with Crippen molar-refractivity contribution in [3.05, 3.63) is 96.7 Å². The van der Waals surface area contributed by atoms with Crippen LogP contribution in [0.15, 0.2) is 91.0 Å². The van der Waals surface area contributed by atoms with E-state index in [1.807, 2.05) is 31.2 Å². The van der Waals surface area contributed by atoms with Gasteiger partial charge in [-0.15, -0.1) is 0 Å². The van der Waals surface area contributed by atoms with Crippen molar-refractivity contribution in [1.29, 1.82) is 0 Å². The molecule has 4 aromatic carbocycles. The Balaban J connectivity index is 1.84. The molecule has 0 amide bonds. The van der Waals surface area contributed by atoms with Crippen LogP contribution in [0.3, 0.4) is 0 Å². The quantitative estimate of drug-likeness (QED) is 0.344. The van der Waals surface area contributed by atoms with Crippen LogP contribution in [0, 0.1) is 6.92 Å². The monoisotopic (exact) mass is 346 g/mol. The topological polar surface area (TPSA) is 25.8 Å². The van der Waals surface area contributed by atoms with Gasteiger partial charge in [0.25, 0.3) is 0 Å². The number of rotatable bonds is 2. The van der Waals surface area contributed by atoms with Crippen molar-refractivity contribution in [3.8, 4) is 22.4 Å². The molecule has 5 rings (SSSR count). The molecule has 2 nitrogen and oxygen atoms in total. The lowest BCUT2D eigenvalue weighted by Gasteiger charge is -2.12. The first-order valence-electron chi connectivity index (χ1n) is 9.12. The van der Waals surface area contributed by atoms with Crippen LogP contribution in [-0.4, -0.2) is 9.97 Å². The molecule has 0 spiro atoms. The summed E-state index contributed by atoms with van der Waals surface area (Å²) in [6, 6.07) is 31.4. The minimum Gasteiger partial charge on any atom is -0.249 e. The molecule has 27 heavy (non-hydrogen) atoms. The van der Waals surface area contributed by atoms with Crippen molar-refractivity contribution in [1.82, 2.24) is 9.97 Å². The number of hydrogen-bond acceptors (Lipinski definition) is 2. The van der Waals surface area contributed by atoms with E-state index in [-0.39, 0.29) is 0 Å². The Kier molecular flexibility index (Phi) is 3.68. The summed E-state index contributed by atoms with van der Waals surface area (Å²) < 4.78 is 0. The van der Waals surface area contributed by atoms with Gasteiger partial charge in [-0.3, -0.25) is 0 Å². The molecule has 0 radical (unpaired) electrons. The molecule has 1 heterocycles. The van der Waals surface area contributed by atoms with Crippen LogP contribution in [0.5, 0.6) is 0 Å². The molecule has 0 aliphatic rings. The van der Waals surface area contributed by atoms with Crippen LogP contribution in [0.4, 0.5) is 0 Å². The van der Waals surface area contributed by atoms with Crippen LogP contribution in [0.2, 0.25) is 0 Å². The van der Waals surface area contributed by atoms with Crippen molar-refractivity contribution in [2.45, 2.75) is 6.92 Å².